The molecule has 0 radical (unpaired) electrons. The van der Waals surface area contributed by atoms with Gasteiger partial charge in [0.25, 0.3) is 10.0 Å². The Bertz CT molecular complexity index is 1620. The number of nitrogens with one attached hydrogen (secondary N) is 2. The fraction of sp³-hybridized carbons (Fsp3) is 0.412. The van der Waals surface area contributed by atoms with E-state index in [-0.39, 0.29) is 10.9 Å². The maximum absolute atomic E-state index is 14.2. The number of oxazole rings is 1. The highest BCUT2D eigenvalue weighted by molar-refractivity contribution is 7.93. The fourth-order valence-electron chi connectivity index (χ4n) is 6.23. The number of aryl methyl sites for hydroxylation is 1. The lowest BCUT2D eigenvalue weighted by Gasteiger charge is -2.21. The first-order valence-corrected chi connectivity index (χ1v) is 17.2. The molecule has 0 saturated heterocycles. The molecule has 44 heavy (non-hydrogen) atoms. The van der Waals surface area contributed by atoms with Gasteiger partial charge in [-0.05, 0) is 79.3 Å². The summed E-state index contributed by atoms with van der Waals surface area (Å²) < 4.78 is 35.7. The zero-order chi connectivity index (χ0) is 30.4. The average molecular weight is 616 g/mol. The number of nitrogens with zero attached hydrogens (tertiary/aromatic N) is 3. The zero-order valence-corrected chi connectivity index (χ0v) is 25.8. The largest absolute Gasteiger partial charge is 0.428 e. The predicted octanol–water partition coefficient (Wildman–Crippen LogP) is 5.94. The van der Waals surface area contributed by atoms with E-state index in [9.17, 15) is 13.5 Å². The molecular formula is C34H41N5O4S. The van der Waals surface area contributed by atoms with E-state index >= 15 is 0 Å². The van der Waals surface area contributed by atoms with Crippen LogP contribution in [0.15, 0.2) is 82.5 Å². The number of hydrogen-bond donors (Lipinski definition) is 3. The van der Waals surface area contributed by atoms with Crippen LogP contribution in [0, 0.1) is 5.92 Å². The minimum Gasteiger partial charge on any atom is -0.428 e. The smallest absolute Gasteiger partial charge is 0.316 e. The Morgan fingerprint density at radius 2 is 1.91 bits per heavy atom. The number of rotatable bonds is 14. The molecule has 3 heterocycles. The summed E-state index contributed by atoms with van der Waals surface area (Å²) >= 11 is 0. The molecule has 2 aromatic carbocycles. The van der Waals surface area contributed by atoms with E-state index in [2.05, 4.69) is 20.6 Å². The van der Waals surface area contributed by atoms with Crippen LogP contribution >= 0.6 is 0 Å². The molecule has 1 saturated carbocycles. The Balaban J connectivity index is 1.17. The van der Waals surface area contributed by atoms with Gasteiger partial charge in [0, 0.05) is 43.2 Å². The van der Waals surface area contributed by atoms with Crippen LogP contribution in [0.25, 0.3) is 0 Å². The van der Waals surface area contributed by atoms with Crippen LogP contribution in [0.3, 0.4) is 0 Å². The lowest BCUT2D eigenvalue weighted by atomic mass is 10.0. The van der Waals surface area contributed by atoms with Crippen LogP contribution in [-0.2, 0) is 29.3 Å². The van der Waals surface area contributed by atoms with Gasteiger partial charge in [0.2, 0.25) is 0 Å². The van der Waals surface area contributed by atoms with Gasteiger partial charge in [-0.25, -0.2) is 13.4 Å². The van der Waals surface area contributed by atoms with Crippen molar-refractivity contribution in [2.75, 3.05) is 29.3 Å². The first kappa shape index (κ1) is 30.3. The second kappa shape index (κ2) is 13.9. The molecule has 0 spiro atoms. The SMILES string of the molecule is O=S(=O)(c1ccc2c(c1)CCN2)N(c1ccc(CCNCC(O)c2cccnc2)cc1)c1ncc(CCCC2CCCC2)o1. The van der Waals surface area contributed by atoms with Gasteiger partial charge in [-0.3, -0.25) is 4.98 Å². The summed E-state index contributed by atoms with van der Waals surface area (Å²) in [6.07, 6.45) is 14.1. The third-order valence-corrected chi connectivity index (χ3v) is 10.4. The van der Waals surface area contributed by atoms with Crippen LogP contribution in [0.2, 0.25) is 0 Å². The van der Waals surface area contributed by atoms with Gasteiger partial charge in [-0.2, -0.15) is 4.31 Å². The minimum absolute atomic E-state index is 0.0540. The van der Waals surface area contributed by atoms with Crippen molar-refractivity contribution in [3.8, 4) is 0 Å². The van der Waals surface area contributed by atoms with E-state index in [0.29, 0.717) is 24.5 Å². The molecule has 10 heteroatoms. The summed E-state index contributed by atoms with van der Waals surface area (Å²) in [5.41, 5.74) is 4.24. The predicted molar refractivity (Wildman–Crippen MR) is 172 cm³/mol. The highest BCUT2D eigenvalue weighted by Crippen LogP contribution is 2.35. The molecule has 1 aliphatic carbocycles. The third kappa shape index (κ3) is 7.14. The number of fused-ring (bicyclic) bond motifs is 1. The number of pyridine rings is 1. The highest BCUT2D eigenvalue weighted by atomic mass is 32.2. The number of aliphatic hydroxyl groups excluding tert-OH is 1. The first-order valence-electron chi connectivity index (χ1n) is 15.7. The lowest BCUT2D eigenvalue weighted by molar-refractivity contribution is 0.174. The molecule has 1 atom stereocenters. The van der Waals surface area contributed by atoms with Gasteiger partial charge >= 0.3 is 6.01 Å². The average Bonchev–Trinajstić information content (AvgIpc) is 3.83. The molecule has 3 N–H and O–H groups in total. The van der Waals surface area contributed by atoms with Crippen molar-refractivity contribution in [3.63, 3.8) is 0 Å². The van der Waals surface area contributed by atoms with Gasteiger partial charge in [0.05, 0.1) is 22.9 Å². The Hall–Kier alpha value is -3.73. The van der Waals surface area contributed by atoms with Crippen molar-refractivity contribution in [2.45, 2.75) is 68.8 Å². The second-order valence-electron chi connectivity index (χ2n) is 11.8. The summed E-state index contributed by atoms with van der Waals surface area (Å²) in [6, 6.07) is 16.4. The molecule has 4 aromatic rings. The first-order chi connectivity index (χ1) is 21.5. The Labute approximate surface area is 259 Å². The number of aromatic nitrogens is 2. The van der Waals surface area contributed by atoms with Crippen LogP contribution < -0.4 is 14.9 Å². The third-order valence-electron chi connectivity index (χ3n) is 8.72. The van der Waals surface area contributed by atoms with E-state index < -0.39 is 16.1 Å². The summed E-state index contributed by atoms with van der Waals surface area (Å²) in [5, 5.41) is 16.9. The van der Waals surface area contributed by atoms with E-state index in [1.54, 1.807) is 48.9 Å². The number of anilines is 3. The molecule has 2 aliphatic rings. The molecule has 232 valence electrons. The fourth-order valence-corrected chi connectivity index (χ4v) is 7.66. The summed E-state index contributed by atoms with van der Waals surface area (Å²) in [4.78, 5) is 8.73. The van der Waals surface area contributed by atoms with Crippen molar-refractivity contribution in [2.24, 2.45) is 5.92 Å². The molecule has 6 rings (SSSR count). The molecule has 9 nitrogen and oxygen atoms in total. The van der Waals surface area contributed by atoms with Crippen LogP contribution in [0.5, 0.6) is 0 Å². The Morgan fingerprint density at radius 3 is 2.70 bits per heavy atom. The van der Waals surface area contributed by atoms with Crippen molar-refractivity contribution < 1.29 is 17.9 Å². The maximum Gasteiger partial charge on any atom is 0.316 e. The number of benzene rings is 2. The minimum atomic E-state index is -4.01. The molecule has 0 bridgehead atoms. The Morgan fingerprint density at radius 1 is 1.07 bits per heavy atom. The summed E-state index contributed by atoms with van der Waals surface area (Å²) in [7, 11) is -4.01. The number of hydrogen-bond acceptors (Lipinski definition) is 8. The lowest BCUT2D eigenvalue weighted by Crippen LogP contribution is -2.27. The Kier molecular flexibility index (Phi) is 9.59. The van der Waals surface area contributed by atoms with Crippen molar-refractivity contribution in [1.82, 2.24) is 15.3 Å². The number of aliphatic hydroxyl groups is 1. The number of sulfonamides is 1. The van der Waals surface area contributed by atoms with Gasteiger partial charge < -0.3 is 20.2 Å². The van der Waals surface area contributed by atoms with Crippen LogP contribution in [0.4, 0.5) is 17.4 Å². The van der Waals surface area contributed by atoms with Crippen molar-refractivity contribution in [1.29, 1.82) is 0 Å². The van der Waals surface area contributed by atoms with E-state index in [1.807, 2.05) is 24.3 Å². The van der Waals surface area contributed by atoms with Gasteiger partial charge in [0.15, 0.2) is 0 Å². The van der Waals surface area contributed by atoms with E-state index in [0.717, 1.165) is 60.5 Å². The van der Waals surface area contributed by atoms with Crippen molar-refractivity contribution in [3.05, 3.63) is 95.6 Å². The standard InChI is InChI=1S/C34H41N5O4S/c40-33(28-8-4-18-35-22-28)24-36-19-16-26-10-12-29(13-11-26)39(44(41,42)31-14-15-32-27(21-31)17-20-37-32)34-38-23-30(43-34)9-3-7-25-5-1-2-6-25/h4,8,10-15,18,21-23,25,33,36-37,40H,1-3,5-7,9,16-17,19-20,24H2. The maximum atomic E-state index is 14.2. The summed E-state index contributed by atoms with van der Waals surface area (Å²) in [6.45, 7) is 1.87. The molecule has 1 unspecified atom stereocenters. The summed E-state index contributed by atoms with van der Waals surface area (Å²) in [5.74, 6) is 1.50. The molecule has 1 fully saturated rings. The van der Waals surface area contributed by atoms with Crippen LogP contribution in [0.1, 0.15) is 67.1 Å². The highest BCUT2D eigenvalue weighted by Gasteiger charge is 2.31. The zero-order valence-electron chi connectivity index (χ0n) is 25.0. The van der Waals surface area contributed by atoms with Gasteiger partial charge in [-0.15, -0.1) is 0 Å². The quantitative estimate of drug-likeness (QED) is 0.149. The van der Waals surface area contributed by atoms with Crippen LogP contribution in [-0.4, -0.2) is 43.1 Å². The van der Waals surface area contributed by atoms with E-state index in [4.69, 9.17) is 4.42 Å². The van der Waals surface area contributed by atoms with E-state index in [1.165, 1.54) is 36.4 Å². The monoisotopic (exact) mass is 615 g/mol. The van der Waals surface area contributed by atoms with Gasteiger partial charge in [-0.1, -0.05) is 50.3 Å². The van der Waals surface area contributed by atoms with Gasteiger partial charge in [0.1, 0.15) is 5.76 Å². The second-order valence-corrected chi connectivity index (χ2v) is 13.6. The normalized spacial score (nSPS) is 15.7. The molecular weight excluding hydrogens is 574 g/mol. The topological polar surface area (TPSA) is 121 Å². The molecule has 2 aromatic heterocycles. The van der Waals surface area contributed by atoms with Crippen molar-refractivity contribution >= 4 is 27.4 Å². The molecule has 0 amide bonds. The molecule has 1 aliphatic heterocycles.